The summed E-state index contributed by atoms with van der Waals surface area (Å²) >= 11 is 3.34. The van der Waals surface area contributed by atoms with Gasteiger partial charge < -0.3 is 9.84 Å². The molecule has 1 heterocycles. The minimum atomic E-state index is -1.05. The van der Waals surface area contributed by atoms with E-state index in [1.54, 1.807) is 6.92 Å². The summed E-state index contributed by atoms with van der Waals surface area (Å²) < 4.78 is 7.57. The van der Waals surface area contributed by atoms with Crippen LogP contribution in [0, 0.1) is 6.92 Å². The normalized spacial score (nSPS) is 10.4. The van der Waals surface area contributed by atoms with Crippen LogP contribution in [-0.2, 0) is 0 Å². The molecule has 0 bridgehead atoms. The molecule has 0 atom stereocenters. The van der Waals surface area contributed by atoms with Gasteiger partial charge in [-0.15, -0.1) is 0 Å². The van der Waals surface area contributed by atoms with Crippen molar-refractivity contribution in [3.8, 4) is 11.6 Å². The maximum absolute atomic E-state index is 11.2. The SMILES string of the molecule is COc1c(C(=O)O)c(C)nn1-c1ccc(Br)cc1. The van der Waals surface area contributed by atoms with Crippen molar-refractivity contribution in [1.29, 1.82) is 0 Å². The number of aryl methyl sites for hydroxylation is 1. The van der Waals surface area contributed by atoms with Gasteiger partial charge in [-0.3, -0.25) is 0 Å². The van der Waals surface area contributed by atoms with Crippen LogP contribution in [0.2, 0.25) is 0 Å². The van der Waals surface area contributed by atoms with Gasteiger partial charge in [-0.1, -0.05) is 15.9 Å². The third kappa shape index (κ3) is 2.11. The molecule has 0 saturated heterocycles. The lowest BCUT2D eigenvalue weighted by Gasteiger charge is -2.06. The molecule has 0 radical (unpaired) electrons. The van der Waals surface area contributed by atoms with E-state index in [-0.39, 0.29) is 11.4 Å². The Morgan fingerprint density at radius 3 is 2.50 bits per heavy atom. The van der Waals surface area contributed by atoms with Gasteiger partial charge in [-0.05, 0) is 31.2 Å². The van der Waals surface area contributed by atoms with Crippen molar-refractivity contribution >= 4 is 21.9 Å². The lowest BCUT2D eigenvalue weighted by atomic mass is 10.2. The van der Waals surface area contributed by atoms with E-state index in [1.807, 2.05) is 24.3 Å². The molecule has 0 aliphatic carbocycles. The largest absolute Gasteiger partial charge is 0.480 e. The molecule has 5 nitrogen and oxygen atoms in total. The highest BCUT2D eigenvalue weighted by Gasteiger charge is 2.22. The summed E-state index contributed by atoms with van der Waals surface area (Å²) in [4.78, 5) is 11.2. The second-order valence-electron chi connectivity index (χ2n) is 3.66. The van der Waals surface area contributed by atoms with E-state index in [1.165, 1.54) is 11.8 Å². The van der Waals surface area contributed by atoms with Crippen molar-refractivity contribution in [3.63, 3.8) is 0 Å². The van der Waals surface area contributed by atoms with Crippen LogP contribution < -0.4 is 4.74 Å². The molecule has 0 aliphatic rings. The molecular formula is C12H11BrN2O3. The Balaban J connectivity index is 2.61. The minimum Gasteiger partial charge on any atom is -0.480 e. The van der Waals surface area contributed by atoms with Crippen LogP contribution >= 0.6 is 15.9 Å². The fraction of sp³-hybridized carbons (Fsp3) is 0.167. The topological polar surface area (TPSA) is 64.3 Å². The third-order valence-electron chi connectivity index (χ3n) is 2.50. The Morgan fingerprint density at radius 2 is 2.00 bits per heavy atom. The molecule has 0 unspecified atom stereocenters. The van der Waals surface area contributed by atoms with E-state index >= 15 is 0 Å². The number of carboxylic acids is 1. The Bertz CT molecular complexity index is 590. The average Bonchev–Trinajstić information content (AvgIpc) is 2.67. The fourth-order valence-corrected chi connectivity index (χ4v) is 1.96. The monoisotopic (exact) mass is 310 g/mol. The van der Waals surface area contributed by atoms with Gasteiger partial charge in [0.15, 0.2) is 0 Å². The van der Waals surface area contributed by atoms with Crippen LogP contribution in [0.5, 0.6) is 5.88 Å². The highest BCUT2D eigenvalue weighted by molar-refractivity contribution is 9.10. The second-order valence-corrected chi connectivity index (χ2v) is 4.58. The highest BCUT2D eigenvalue weighted by Crippen LogP contribution is 2.26. The summed E-state index contributed by atoms with van der Waals surface area (Å²) in [6, 6.07) is 7.35. The van der Waals surface area contributed by atoms with Gasteiger partial charge in [0.25, 0.3) is 0 Å². The molecule has 0 aliphatic heterocycles. The molecule has 1 aromatic carbocycles. The van der Waals surface area contributed by atoms with E-state index in [0.717, 1.165) is 10.2 Å². The van der Waals surface area contributed by atoms with Crippen molar-refractivity contribution in [2.24, 2.45) is 0 Å². The lowest BCUT2D eigenvalue weighted by Crippen LogP contribution is -2.03. The molecule has 18 heavy (non-hydrogen) atoms. The second kappa shape index (κ2) is 4.81. The first-order valence-corrected chi connectivity index (χ1v) is 5.96. The number of halogens is 1. The van der Waals surface area contributed by atoms with E-state index in [9.17, 15) is 4.79 Å². The number of carbonyl (C=O) groups is 1. The Labute approximate surface area is 112 Å². The van der Waals surface area contributed by atoms with Gasteiger partial charge in [0, 0.05) is 4.47 Å². The van der Waals surface area contributed by atoms with Crippen molar-refractivity contribution in [2.45, 2.75) is 6.92 Å². The molecule has 1 N–H and O–H groups in total. The van der Waals surface area contributed by atoms with E-state index < -0.39 is 5.97 Å². The summed E-state index contributed by atoms with van der Waals surface area (Å²) in [6.07, 6.45) is 0. The van der Waals surface area contributed by atoms with Gasteiger partial charge in [0.05, 0.1) is 18.5 Å². The van der Waals surface area contributed by atoms with Crippen molar-refractivity contribution in [2.75, 3.05) is 7.11 Å². The molecule has 0 fully saturated rings. The summed E-state index contributed by atoms with van der Waals surface area (Å²) in [5, 5.41) is 13.3. The predicted octanol–water partition coefficient (Wildman–Crippen LogP) is 2.65. The predicted molar refractivity (Wildman–Crippen MR) is 69.5 cm³/mol. The first kappa shape index (κ1) is 12.6. The summed E-state index contributed by atoms with van der Waals surface area (Å²) in [7, 11) is 1.43. The number of hydrogen-bond acceptors (Lipinski definition) is 3. The molecule has 2 rings (SSSR count). The lowest BCUT2D eigenvalue weighted by molar-refractivity contribution is 0.0692. The number of aromatic carboxylic acids is 1. The first-order valence-electron chi connectivity index (χ1n) is 5.17. The minimum absolute atomic E-state index is 0.0837. The van der Waals surface area contributed by atoms with E-state index in [2.05, 4.69) is 21.0 Å². The van der Waals surface area contributed by atoms with Gasteiger partial charge in [-0.2, -0.15) is 5.10 Å². The number of rotatable bonds is 3. The van der Waals surface area contributed by atoms with Gasteiger partial charge in [0.2, 0.25) is 5.88 Å². The number of carboxylic acid groups (broad SMARTS) is 1. The first-order chi connectivity index (χ1) is 8.54. The van der Waals surface area contributed by atoms with Crippen LogP contribution in [0.3, 0.4) is 0 Å². The molecule has 94 valence electrons. The number of hydrogen-bond donors (Lipinski definition) is 1. The van der Waals surface area contributed by atoms with Crippen LogP contribution in [0.4, 0.5) is 0 Å². The molecule has 1 aromatic heterocycles. The van der Waals surface area contributed by atoms with Crippen LogP contribution in [-0.4, -0.2) is 28.0 Å². The molecule has 0 saturated carbocycles. The zero-order chi connectivity index (χ0) is 13.3. The van der Waals surface area contributed by atoms with E-state index in [0.29, 0.717) is 5.69 Å². The summed E-state index contributed by atoms with van der Waals surface area (Å²) in [6.45, 7) is 1.64. The maximum Gasteiger partial charge on any atom is 0.343 e. The number of methoxy groups -OCH3 is 1. The molecular weight excluding hydrogens is 300 g/mol. The Kier molecular flexibility index (Phi) is 3.38. The fourth-order valence-electron chi connectivity index (χ4n) is 1.70. The standard InChI is InChI=1S/C12H11BrN2O3/c1-7-10(12(16)17)11(18-2)15(14-7)9-5-3-8(13)4-6-9/h3-6H,1-2H3,(H,16,17). The van der Waals surface area contributed by atoms with Gasteiger partial charge >= 0.3 is 5.97 Å². The van der Waals surface area contributed by atoms with E-state index in [4.69, 9.17) is 9.84 Å². The zero-order valence-corrected chi connectivity index (χ0v) is 11.4. The summed E-state index contributed by atoms with van der Waals surface area (Å²) in [5.74, 6) is -0.824. The number of ether oxygens (including phenoxy) is 1. The average molecular weight is 311 g/mol. The number of nitrogens with zero attached hydrogens (tertiary/aromatic N) is 2. The van der Waals surface area contributed by atoms with Crippen LogP contribution in [0.1, 0.15) is 16.1 Å². The molecule has 0 spiro atoms. The number of benzene rings is 1. The van der Waals surface area contributed by atoms with Crippen LogP contribution in [0.15, 0.2) is 28.7 Å². The highest BCUT2D eigenvalue weighted by atomic mass is 79.9. The van der Waals surface area contributed by atoms with Crippen molar-refractivity contribution < 1.29 is 14.6 Å². The summed E-state index contributed by atoms with van der Waals surface area (Å²) in [5.41, 5.74) is 1.24. The Morgan fingerprint density at radius 1 is 1.39 bits per heavy atom. The third-order valence-corrected chi connectivity index (χ3v) is 3.03. The van der Waals surface area contributed by atoms with Crippen molar-refractivity contribution in [1.82, 2.24) is 9.78 Å². The smallest absolute Gasteiger partial charge is 0.343 e. The van der Waals surface area contributed by atoms with Gasteiger partial charge in [-0.25, -0.2) is 9.48 Å². The quantitative estimate of drug-likeness (QED) is 0.946. The number of aromatic nitrogens is 2. The molecule has 0 amide bonds. The molecule has 6 heteroatoms. The Hall–Kier alpha value is -1.82. The van der Waals surface area contributed by atoms with Gasteiger partial charge in [0.1, 0.15) is 5.56 Å². The molecule has 2 aromatic rings. The van der Waals surface area contributed by atoms with Crippen LogP contribution in [0.25, 0.3) is 5.69 Å². The zero-order valence-electron chi connectivity index (χ0n) is 9.85. The maximum atomic E-state index is 11.2. The van der Waals surface area contributed by atoms with Crippen molar-refractivity contribution in [3.05, 3.63) is 40.0 Å².